The second-order valence-corrected chi connectivity index (χ2v) is 2.29. The summed E-state index contributed by atoms with van der Waals surface area (Å²) in [5.41, 5.74) is 0. The molecule has 0 saturated carbocycles. The number of rotatable bonds is 6. The van der Waals surface area contributed by atoms with Crippen molar-refractivity contribution in [2.45, 2.75) is 25.7 Å². The molecule has 11 heavy (non-hydrogen) atoms. The maximum atomic E-state index is 10.5. The van der Waals surface area contributed by atoms with Gasteiger partial charge in [0, 0.05) is 6.08 Å². The molecular weight excluding hydrogens is 140 g/mol. The quantitative estimate of drug-likeness (QED) is 0.333. The highest BCUT2D eigenvalue weighted by atomic mass is 16.5. The molecule has 0 spiro atoms. The topological polar surface area (TPSA) is 26.3 Å². The van der Waals surface area contributed by atoms with Gasteiger partial charge in [0.25, 0.3) is 0 Å². The molecule has 0 aliphatic carbocycles. The molecule has 0 aromatic rings. The van der Waals surface area contributed by atoms with Gasteiger partial charge in [0.1, 0.15) is 0 Å². The average Bonchev–Trinajstić information content (AvgIpc) is 2.04. The minimum atomic E-state index is -0.334. The highest BCUT2D eigenvalue weighted by Crippen LogP contribution is 1.98. The van der Waals surface area contributed by atoms with Gasteiger partial charge in [-0.15, -0.1) is 0 Å². The predicted octanol–water partition coefficient (Wildman–Crippen LogP) is 2.11. The van der Waals surface area contributed by atoms with Gasteiger partial charge in [-0.2, -0.15) is 0 Å². The molecule has 63 valence electrons. The zero-order valence-corrected chi connectivity index (χ0v) is 6.84. The first kappa shape index (κ1) is 10.2. The molecule has 0 aromatic carbocycles. The Bertz CT molecular complexity index is 119. The molecule has 0 aliphatic rings. The van der Waals surface area contributed by atoms with Crippen molar-refractivity contribution in [3.8, 4) is 0 Å². The number of ether oxygens (including phenoxy) is 1. The van der Waals surface area contributed by atoms with Crippen molar-refractivity contribution in [1.29, 1.82) is 0 Å². The zero-order chi connectivity index (χ0) is 8.53. The van der Waals surface area contributed by atoms with Crippen LogP contribution >= 0.6 is 0 Å². The lowest BCUT2D eigenvalue weighted by molar-refractivity contribution is -0.137. The maximum absolute atomic E-state index is 10.5. The third kappa shape index (κ3) is 7.10. The second-order valence-electron chi connectivity index (χ2n) is 2.29. The molecule has 0 aliphatic heterocycles. The molecular formula is C9H15O2. The molecule has 0 unspecified atom stereocenters. The SMILES string of the molecule is [CH2]CCCCCOC(=O)C=C. The summed E-state index contributed by atoms with van der Waals surface area (Å²) in [5.74, 6) is -0.334. The third-order valence-corrected chi connectivity index (χ3v) is 1.31. The number of hydrogen-bond acceptors (Lipinski definition) is 2. The summed E-state index contributed by atoms with van der Waals surface area (Å²) in [6.45, 7) is 7.51. The van der Waals surface area contributed by atoms with E-state index in [4.69, 9.17) is 4.74 Å². The predicted molar refractivity (Wildman–Crippen MR) is 45.0 cm³/mol. The summed E-state index contributed by atoms with van der Waals surface area (Å²) in [4.78, 5) is 10.5. The van der Waals surface area contributed by atoms with Gasteiger partial charge in [-0.3, -0.25) is 0 Å². The zero-order valence-electron chi connectivity index (χ0n) is 6.84. The van der Waals surface area contributed by atoms with Crippen LogP contribution < -0.4 is 0 Å². The minimum Gasteiger partial charge on any atom is -0.463 e. The lowest BCUT2D eigenvalue weighted by Gasteiger charge is -1.99. The van der Waals surface area contributed by atoms with Crippen molar-refractivity contribution in [2.75, 3.05) is 6.61 Å². The molecule has 0 N–H and O–H groups in total. The Hall–Kier alpha value is -0.790. The Morgan fingerprint density at radius 1 is 1.36 bits per heavy atom. The van der Waals surface area contributed by atoms with Gasteiger partial charge in [0.05, 0.1) is 6.61 Å². The van der Waals surface area contributed by atoms with Crippen LogP contribution in [0.25, 0.3) is 0 Å². The van der Waals surface area contributed by atoms with Gasteiger partial charge in [-0.05, 0) is 6.42 Å². The minimum absolute atomic E-state index is 0.334. The molecule has 2 nitrogen and oxygen atoms in total. The summed E-state index contributed by atoms with van der Waals surface area (Å²) >= 11 is 0. The molecule has 0 rings (SSSR count). The Labute approximate surface area is 68.2 Å². The highest BCUT2D eigenvalue weighted by Gasteiger charge is 1.93. The van der Waals surface area contributed by atoms with Crippen molar-refractivity contribution in [2.24, 2.45) is 0 Å². The van der Waals surface area contributed by atoms with Gasteiger partial charge < -0.3 is 4.74 Å². The fourth-order valence-electron chi connectivity index (χ4n) is 0.687. The Balaban J connectivity index is 3.01. The second kappa shape index (κ2) is 7.32. The van der Waals surface area contributed by atoms with Crippen LogP contribution in [-0.4, -0.2) is 12.6 Å². The number of unbranched alkanes of at least 4 members (excludes halogenated alkanes) is 3. The van der Waals surface area contributed by atoms with Crippen molar-refractivity contribution >= 4 is 5.97 Å². The van der Waals surface area contributed by atoms with Crippen LogP contribution in [0.4, 0.5) is 0 Å². The van der Waals surface area contributed by atoms with E-state index in [1.807, 2.05) is 0 Å². The Kier molecular flexibility index (Phi) is 6.79. The monoisotopic (exact) mass is 155 g/mol. The normalized spacial score (nSPS) is 9.18. The fourth-order valence-corrected chi connectivity index (χ4v) is 0.687. The summed E-state index contributed by atoms with van der Waals surface area (Å²) in [7, 11) is 0. The van der Waals surface area contributed by atoms with Crippen LogP contribution in [0.2, 0.25) is 0 Å². The van der Waals surface area contributed by atoms with E-state index in [-0.39, 0.29) is 5.97 Å². The van der Waals surface area contributed by atoms with Crippen LogP contribution in [0.1, 0.15) is 25.7 Å². The molecule has 0 atom stereocenters. The van der Waals surface area contributed by atoms with Crippen molar-refractivity contribution in [1.82, 2.24) is 0 Å². The van der Waals surface area contributed by atoms with E-state index >= 15 is 0 Å². The van der Waals surface area contributed by atoms with Crippen LogP contribution in [0.3, 0.4) is 0 Å². The first-order chi connectivity index (χ1) is 5.31. The molecule has 0 saturated heterocycles. The maximum Gasteiger partial charge on any atom is 0.330 e. The number of carbonyl (C=O) groups excluding carboxylic acids is 1. The average molecular weight is 155 g/mol. The molecule has 0 amide bonds. The third-order valence-electron chi connectivity index (χ3n) is 1.31. The molecule has 0 heterocycles. The largest absolute Gasteiger partial charge is 0.463 e. The van der Waals surface area contributed by atoms with Crippen LogP contribution in [0.5, 0.6) is 0 Å². The number of hydrogen-bond donors (Lipinski definition) is 0. The van der Waals surface area contributed by atoms with Gasteiger partial charge in [0.15, 0.2) is 0 Å². The Morgan fingerprint density at radius 2 is 2.09 bits per heavy atom. The van der Waals surface area contributed by atoms with E-state index in [1.165, 1.54) is 6.08 Å². The first-order valence-corrected chi connectivity index (χ1v) is 3.89. The molecule has 0 bridgehead atoms. The van der Waals surface area contributed by atoms with E-state index in [9.17, 15) is 4.79 Å². The van der Waals surface area contributed by atoms with Gasteiger partial charge in [-0.25, -0.2) is 4.79 Å². The molecule has 0 aromatic heterocycles. The standard InChI is InChI=1S/C9H15O2/c1-3-5-6-7-8-11-9(10)4-2/h4H,1-3,5-8H2. The number of carbonyl (C=O) groups is 1. The smallest absolute Gasteiger partial charge is 0.330 e. The summed E-state index contributed by atoms with van der Waals surface area (Å²) in [6.07, 6.45) is 5.24. The lowest BCUT2D eigenvalue weighted by atomic mass is 10.2. The summed E-state index contributed by atoms with van der Waals surface area (Å²) in [6, 6.07) is 0. The van der Waals surface area contributed by atoms with Gasteiger partial charge >= 0.3 is 5.97 Å². The molecule has 1 radical (unpaired) electrons. The lowest BCUT2D eigenvalue weighted by Crippen LogP contribution is -2.01. The van der Waals surface area contributed by atoms with E-state index < -0.39 is 0 Å². The van der Waals surface area contributed by atoms with E-state index in [1.54, 1.807) is 0 Å². The van der Waals surface area contributed by atoms with Crippen LogP contribution in [0.15, 0.2) is 12.7 Å². The van der Waals surface area contributed by atoms with Crippen molar-refractivity contribution in [3.05, 3.63) is 19.6 Å². The highest BCUT2D eigenvalue weighted by molar-refractivity contribution is 5.81. The summed E-state index contributed by atoms with van der Waals surface area (Å²) < 4.78 is 4.76. The van der Waals surface area contributed by atoms with E-state index in [0.717, 1.165) is 25.7 Å². The van der Waals surface area contributed by atoms with Crippen molar-refractivity contribution in [3.63, 3.8) is 0 Å². The van der Waals surface area contributed by atoms with Gasteiger partial charge in [-0.1, -0.05) is 32.8 Å². The fraction of sp³-hybridized carbons (Fsp3) is 0.556. The van der Waals surface area contributed by atoms with E-state index in [2.05, 4.69) is 13.5 Å². The first-order valence-electron chi connectivity index (χ1n) is 3.89. The molecule has 2 heteroatoms. The molecule has 0 fully saturated rings. The Morgan fingerprint density at radius 3 is 2.64 bits per heavy atom. The van der Waals surface area contributed by atoms with Crippen LogP contribution in [-0.2, 0) is 9.53 Å². The summed E-state index contributed by atoms with van der Waals surface area (Å²) in [5, 5.41) is 0. The van der Waals surface area contributed by atoms with Crippen LogP contribution in [0, 0.1) is 6.92 Å². The van der Waals surface area contributed by atoms with E-state index in [0.29, 0.717) is 6.61 Å². The van der Waals surface area contributed by atoms with Gasteiger partial charge in [0.2, 0.25) is 0 Å². The number of esters is 1. The van der Waals surface area contributed by atoms with Crippen molar-refractivity contribution < 1.29 is 9.53 Å².